The van der Waals surface area contributed by atoms with Crippen LogP contribution in [0.2, 0.25) is 0 Å². The van der Waals surface area contributed by atoms with Crippen LogP contribution in [0, 0.1) is 5.92 Å². The predicted octanol–water partition coefficient (Wildman–Crippen LogP) is 1.93. The van der Waals surface area contributed by atoms with Gasteiger partial charge in [-0.05, 0) is 32.3 Å². The van der Waals surface area contributed by atoms with Crippen molar-refractivity contribution in [1.82, 2.24) is 25.3 Å². The van der Waals surface area contributed by atoms with Crippen LogP contribution < -0.4 is 10.6 Å². The first-order chi connectivity index (χ1) is 10.8. The molecule has 0 fully saturated rings. The summed E-state index contributed by atoms with van der Waals surface area (Å²) in [5.41, 5.74) is 3.37. The van der Waals surface area contributed by atoms with Gasteiger partial charge in [-0.25, -0.2) is 0 Å². The summed E-state index contributed by atoms with van der Waals surface area (Å²) in [4.78, 5) is 12.5. The highest BCUT2D eigenvalue weighted by Crippen LogP contribution is 2.32. The lowest BCUT2D eigenvalue weighted by atomic mass is 10.0. The number of aryl methyl sites for hydroxylation is 1. The fourth-order valence-corrected chi connectivity index (χ4v) is 2.98. The van der Waals surface area contributed by atoms with E-state index < -0.39 is 0 Å². The molecule has 23 heavy (non-hydrogen) atoms. The third-order valence-corrected chi connectivity index (χ3v) is 4.21. The maximum absolute atomic E-state index is 12.5. The van der Waals surface area contributed by atoms with E-state index in [1.807, 2.05) is 6.07 Å². The Hall–Kier alpha value is -2.15. The highest BCUT2D eigenvalue weighted by molar-refractivity contribution is 6.03. The van der Waals surface area contributed by atoms with Gasteiger partial charge >= 0.3 is 0 Å². The van der Waals surface area contributed by atoms with E-state index in [9.17, 15) is 4.79 Å². The molecule has 7 nitrogen and oxygen atoms in total. The van der Waals surface area contributed by atoms with Crippen molar-refractivity contribution in [3.05, 3.63) is 28.7 Å². The Morgan fingerprint density at radius 2 is 2.22 bits per heavy atom. The van der Waals surface area contributed by atoms with Crippen LogP contribution in [0.5, 0.6) is 0 Å². The van der Waals surface area contributed by atoms with Gasteiger partial charge in [0.15, 0.2) is 5.82 Å². The number of anilines is 1. The van der Waals surface area contributed by atoms with E-state index in [-0.39, 0.29) is 11.4 Å². The maximum atomic E-state index is 12.5. The predicted molar refractivity (Wildman–Crippen MR) is 88.2 cm³/mol. The van der Waals surface area contributed by atoms with Gasteiger partial charge in [-0.3, -0.25) is 14.6 Å². The largest absolute Gasteiger partial charge is 0.303 e. The van der Waals surface area contributed by atoms with E-state index in [1.54, 1.807) is 11.7 Å². The van der Waals surface area contributed by atoms with Crippen molar-refractivity contribution in [2.75, 3.05) is 5.32 Å². The van der Waals surface area contributed by atoms with E-state index in [4.69, 9.17) is 0 Å². The lowest BCUT2D eigenvalue weighted by Crippen LogP contribution is -2.29. The van der Waals surface area contributed by atoms with Crippen LogP contribution >= 0.6 is 0 Å². The molecular formula is C16H24N6O. The molecular weight excluding hydrogens is 292 g/mol. The Labute approximate surface area is 135 Å². The van der Waals surface area contributed by atoms with Gasteiger partial charge in [0, 0.05) is 19.2 Å². The molecule has 1 aliphatic heterocycles. The topological polar surface area (TPSA) is 87.6 Å². The average Bonchev–Trinajstić information content (AvgIpc) is 3.07. The minimum atomic E-state index is -0.186. The summed E-state index contributed by atoms with van der Waals surface area (Å²) >= 11 is 0. The number of aromatic nitrogens is 4. The molecule has 0 atom stereocenters. The maximum Gasteiger partial charge on any atom is 0.275 e. The van der Waals surface area contributed by atoms with Crippen LogP contribution in [-0.2, 0) is 25.6 Å². The van der Waals surface area contributed by atoms with Gasteiger partial charge in [-0.1, -0.05) is 13.8 Å². The minimum Gasteiger partial charge on any atom is -0.303 e. The van der Waals surface area contributed by atoms with E-state index in [0.717, 1.165) is 23.4 Å². The summed E-state index contributed by atoms with van der Waals surface area (Å²) < 4.78 is 1.63. The van der Waals surface area contributed by atoms with Crippen LogP contribution in [0.3, 0.4) is 0 Å². The summed E-state index contributed by atoms with van der Waals surface area (Å²) in [6.45, 7) is 9.13. The van der Waals surface area contributed by atoms with Crippen molar-refractivity contribution in [3.8, 4) is 0 Å². The first-order valence-corrected chi connectivity index (χ1v) is 7.95. The van der Waals surface area contributed by atoms with Crippen molar-refractivity contribution in [3.63, 3.8) is 0 Å². The van der Waals surface area contributed by atoms with Crippen LogP contribution in [0.25, 0.3) is 0 Å². The summed E-state index contributed by atoms with van der Waals surface area (Å²) in [7, 11) is 1.79. The Morgan fingerprint density at radius 1 is 1.48 bits per heavy atom. The SMILES string of the molecule is CC(C)Cc1cc(C(=O)Nc2n[nH]c3c2CNC3(C)C)n(C)n1. The standard InChI is InChI=1S/C16H24N6O/c1-9(2)6-10-7-12(22(5)21-10)15(23)18-14-11-8-17-16(3,4)13(11)19-20-14/h7,9,17H,6,8H2,1-5H3,(H2,18,19,20,23). The number of aromatic amines is 1. The van der Waals surface area contributed by atoms with Gasteiger partial charge < -0.3 is 10.6 Å². The normalized spacial score (nSPS) is 15.9. The average molecular weight is 316 g/mol. The monoisotopic (exact) mass is 316 g/mol. The summed E-state index contributed by atoms with van der Waals surface area (Å²) in [6, 6.07) is 1.85. The third-order valence-electron chi connectivity index (χ3n) is 4.21. The quantitative estimate of drug-likeness (QED) is 0.804. The van der Waals surface area contributed by atoms with Crippen molar-refractivity contribution >= 4 is 11.7 Å². The Morgan fingerprint density at radius 3 is 2.91 bits per heavy atom. The molecule has 0 bridgehead atoms. The zero-order chi connectivity index (χ0) is 16.8. The van der Waals surface area contributed by atoms with Crippen LogP contribution in [0.4, 0.5) is 5.82 Å². The van der Waals surface area contributed by atoms with Gasteiger partial charge in [0.1, 0.15) is 5.69 Å². The zero-order valence-corrected chi connectivity index (χ0v) is 14.3. The highest BCUT2D eigenvalue weighted by atomic mass is 16.2. The molecule has 2 aromatic heterocycles. The molecule has 3 heterocycles. The van der Waals surface area contributed by atoms with Gasteiger partial charge in [0.05, 0.1) is 16.9 Å². The lowest BCUT2D eigenvalue weighted by molar-refractivity contribution is 0.101. The van der Waals surface area contributed by atoms with Crippen molar-refractivity contribution in [2.24, 2.45) is 13.0 Å². The first-order valence-electron chi connectivity index (χ1n) is 7.95. The number of H-pyrrole nitrogens is 1. The Balaban J connectivity index is 1.80. The Kier molecular flexibility index (Phi) is 3.75. The molecule has 0 aromatic carbocycles. The molecule has 124 valence electrons. The van der Waals surface area contributed by atoms with Crippen molar-refractivity contribution in [1.29, 1.82) is 0 Å². The summed E-state index contributed by atoms with van der Waals surface area (Å²) in [6.07, 6.45) is 0.858. The van der Waals surface area contributed by atoms with Gasteiger partial charge in [-0.15, -0.1) is 0 Å². The molecule has 3 N–H and O–H groups in total. The smallest absolute Gasteiger partial charge is 0.275 e. The molecule has 0 spiro atoms. The summed E-state index contributed by atoms with van der Waals surface area (Å²) in [5.74, 6) is 0.910. The summed E-state index contributed by atoms with van der Waals surface area (Å²) in [5, 5.41) is 18.0. The van der Waals surface area contributed by atoms with Crippen LogP contribution in [0.1, 0.15) is 55.1 Å². The molecule has 0 saturated heterocycles. The number of fused-ring (bicyclic) bond motifs is 1. The molecule has 0 radical (unpaired) electrons. The molecule has 2 aromatic rings. The van der Waals surface area contributed by atoms with E-state index in [0.29, 0.717) is 24.0 Å². The molecule has 0 aliphatic carbocycles. The second-order valence-corrected chi connectivity index (χ2v) is 7.10. The second kappa shape index (κ2) is 5.49. The first kappa shape index (κ1) is 15.7. The van der Waals surface area contributed by atoms with E-state index >= 15 is 0 Å². The molecule has 7 heteroatoms. The lowest BCUT2D eigenvalue weighted by Gasteiger charge is -2.16. The van der Waals surface area contributed by atoms with E-state index in [1.165, 1.54) is 0 Å². The minimum absolute atomic E-state index is 0.151. The number of carbonyl (C=O) groups is 1. The van der Waals surface area contributed by atoms with E-state index in [2.05, 4.69) is 53.6 Å². The molecule has 3 rings (SSSR count). The number of nitrogens with zero attached hydrogens (tertiary/aromatic N) is 3. The number of carbonyl (C=O) groups excluding carboxylic acids is 1. The zero-order valence-electron chi connectivity index (χ0n) is 14.3. The van der Waals surface area contributed by atoms with Crippen LogP contribution in [-0.4, -0.2) is 25.9 Å². The fourth-order valence-electron chi connectivity index (χ4n) is 2.98. The molecule has 0 saturated carbocycles. The van der Waals surface area contributed by atoms with Crippen LogP contribution in [0.15, 0.2) is 6.07 Å². The third kappa shape index (κ3) is 2.88. The molecule has 1 amide bonds. The van der Waals surface area contributed by atoms with Gasteiger partial charge in [0.2, 0.25) is 0 Å². The second-order valence-electron chi connectivity index (χ2n) is 7.10. The number of nitrogens with one attached hydrogen (secondary N) is 3. The number of amides is 1. The Bertz CT molecular complexity index is 740. The molecule has 0 unspecified atom stereocenters. The van der Waals surface area contributed by atoms with Gasteiger partial charge in [0.25, 0.3) is 5.91 Å². The number of hydrogen-bond acceptors (Lipinski definition) is 4. The van der Waals surface area contributed by atoms with Crippen molar-refractivity contribution < 1.29 is 4.79 Å². The number of rotatable bonds is 4. The highest BCUT2D eigenvalue weighted by Gasteiger charge is 2.34. The molecule has 1 aliphatic rings. The van der Waals surface area contributed by atoms with Crippen molar-refractivity contribution in [2.45, 2.75) is 46.2 Å². The fraction of sp³-hybridized carbons (Fsp3) is 0.562. The number of hydrogen-bond donors (Lipinski definition) is 3. The van der Waals surface area contributed by atoms with Gasteiger partial charge in [-0.2, -0.15) is 10.2 Å².